The van der Waals surface area contributed by atoms with Crippen molar-refractivity contribution in [2.75, 3.05) is 12.9 Å². The van der Waals surface area contributed by atoms with E-state index < -0.39 is 0 Å². The van der Waals surface area contributed by atoms with Crippen molar-refractivity contribution in [3.8, 4) is 5.75 Å². The largest absolute Gasteiger partial charge is 0.497 e. The third-order valence-corrected chi connectivity index (χ3v) is 4.68. The SMILES string of the molecule is COc1ccc(SCCCC(=O)c2cccs2)cc1. The number of methoxy groups -OCH3 is 1. The average molecular weight is 292 g/mol. The van der Waals surface area contributed by atoms with Gasteiger partial charge in [0.15, 0.2) is 5.78 Å². The van der Waals surface area contributed by atoms with Gasteiger partial charge >= 0.3 is 0 Å². The number of carbonyl (C=O) groups is 1. The highest BCUT2D eigenvalue weighted by atomic mass is 32.2. The van der Waals surface area contributed by atoms with Gasteiger partial charge in [-0.3, -0.25) is 4.79 Å². The molecule has 2 rings (SSSR count). The van der Waals surface area contributed by atoms with Crippen molar-refractivity contribution in [2.24, 2.45) is 0 Å². The zero-order valence-electron chi connectivity index (χ0n) is 10.8. The molecule has 0 fully saturated rings. The van der Waals surface area contributed by atoms with Gasteiger partial charge in [0.2, 0.25) is 0 Å². The maximum Gasteiger partial charge on any atom is 0.172 e. The first-order chi connectivity index (χ1) is 9.29. The van der Waals surface area contributed by atoms with Gasteiger partial charge in [0.1, 0.15) is 5.75 Å². The summed E-state index contributed by atoms with van der Waals surface area (Å²) in [5.41, 5.74) is 0. The molecule has 0 unspecified atom stereocenters. The Morgan fingerprint density at radius 2 is 2.05 bits per heavy atom. The topological polar surface area (TPSA) is 26.3 Å². The van der Waals surface area contributed by atoms with Gasteiger partial charge in [-0.15, -0.1) is 23.1 Å². The monoisotopic (exact) mass is 292 g/mol. The van der Waals surface area contributed by atoms with Crippen LogP contribution in [0.3, 0.4) is 0 Å². The molecule has 0 radical (unpaired) electrons. The highest BCUT2D eigenvalue weighted by Gasteiger charge is 2.06. The van der Waals surface area contributed by atoms with Gasteiger partial charge in [-0.2, -0.15) is 0 Å². The molecule has 0 N–H and O–H groups in total. The summed E-state index contributed by atoms with van der Waals surface area (Å²) in [4.78, 5) is 13.9. The Labute approximate surface area is 121 Å². The molecule has 2 nitrogen and oxygen atoms in total. The second-order valence-electron chi connectivity index (χ2n) is 4.03. The maximum atomic E-state index is 11.8. The number of ether oxygens (including phenoxy) is 1. The molecule has 19 heavy (non-hydrogen) atoms. The Hall–Kier alpha value is -1.26. The van der Waals surface area contributed by atoms with E-state index in [4.69, 9.17) is 4.74 Å². The number of hydrogen-bond donors (Lipinski definition) is 0. The zero-order chi connectivity index (χ0) is 13.5. The number of thioether (sulfide) groups is 1. The molecule has 0 aliphatic carbocycles. The number of ketones is 1. The molecule has 100 valence electrons. The minimum absolute atomic E-state index is 0.255. The smallest absolute Gasteiger partial charge is 0.172 e. The van der Waals surface area contributed by atoms with E-state index in [-0.39, 0.29) is 5.78 Å². The van der Waals surface area contributed by atoms with E-state index in [1.807, 2.05) is 41.8 Å². The molecule has 0 aliphatic rings. The Bertz CT molecular complexity index is 503. The van der Waals surface area contributed by atoms with E-state index in [1.54, 1.807) is 18.9 Å². The molecule has 0 spiro atoms. The lowest BCUT2D eigenvalue weighted by atomic mass is 10.2. The van der Waals surface area contributed by atoms with Crippen LogP contribution in [0.15, 0.2) is 46.7 Å². The summed E-state index contributed by atoms with van der Waals surface area (Å²) in [6.45, 7) is 0. The minimum Gasteiger partial charge on any atom is -0.497 e. The van der Waals surface area contributed by atoms with Gasteiger partial charge < -0.3 is 4.74 Å². The van der Waals surface area contributed by atoms with Crippen molar-refractivity contribution in [3.05, 3.63) is 46.7 Å². The van der Waals surface area contributed by atoms with E-state index in [2.05, 4.69) is 0 Å². The number of thiophene rings is 1. The highest BCUT2D eigenvalue weighted by Crippen LogP contribution is 2.22. The first-order valence-corrected chi connectivity index (χ1v) is 7.99. The third-order valence-electron chi connectivity index (χ3n) is 2.67. The van der Waals surface area contributed by atoms with Crippen LogP contribution in [0.2, 0.25) is 0 Å². The number of carbonyl (C=O) groups excluding carboxylic acids is 1. The molecule has 1 aromatic heterocycles. The van der Waals surface area contributed by atoms with Gasteiger partial charge in [0, 0.05) is 11.3 Å². The fourth-order valence-corrected chi connectivity index (χ4v) is 3.20. The van der Waals surface area contributed by atoms with Crippen LogP contribution in [0.1, 0.15) is 22.5 Å². The van der Waals surface area contributed by atoms with E-state index in [1.165, 1.54) is 16.2 Å². The van der Waals surface area contributed by atoms with E-state index in [0.717, 1.165) is 22.8 Å². The van der Waals surface area contributed by atoms with Crippen LogP contribution in [0.4, 0.5) is 0 Å². The summed E-state index contributed by atoms with van der Waals surface area (Å²) < 4.78 is 5.11. The summed E-state index contributed by atoms with van der Waals surface area (Å²) in [6.07, 6.45) is 1.54. The fraction of sp³-hybridized carbons (Fsp3) is 0.267. The van der Waals surface area contributed by atoms with Crippen LogP contribution in [0.25, 0.3) is 0 Å². The lowest BCUT2D eigenvalue weighted by molar-refractivity contribution is 0.0986. The van der Waals surface area contributed by atoms with Crippen molar-refractivity contribution >= 4 is 28.9 Å². The molecule has 4 heteroatoms. The van der Waals surface area contributed by atoms with Crippen molar-refractivity contribution in [1.29, 1.82) is 0 Å². The minimum atomic E-state index is 0.255. The summed E-state index contributed by atoms with van der Waals surface area (Å²) >= 11 is 3.29. The Balaban J connectivity index is 1.70. The molecule has 2 aromatic rings. The van der Waals surface area contributed by atoms with E-state index in [9.17, 15) is 4.79 Å². The Morgan fingerprint density at radius 3 is 2.68 bits per heavy atom. The van der Waals surface area contributed by atoms with Crippen LogP contribution in [-0.4, -0.2) is 18.6 Å². The van der Waals surface area contributed by atoms with Gasteiger partial charge in [0.25, 0.3) is 0 Å². The maximum absolute atomic E-state index is 11.8. The van der Waals surface area contributed by atoms with Crippen LogP contribution in [0.5, 0.6) is 5.75 Å². The van der Waals surface area contributed by atoms with Gasteiger partial charge in [-0.1, -0.05) is 6.07 Å². The quantitative estimate of drug-likeness (QED) is 0.426. The van der Waals surface area contributed by atoms with Gasteiger partial charge in [-0.05, 0) is 47.9 Å². The lowest BCUT2D eigenvalue weighted by Gasteiger charge is -2.03. The normalized spacial score (nSPS) is 10.4. The predicted octanol–water partition coefficient (Wildman–Crippen LogP) is 4.51. The van der Waals surface area contributed by atoms with Crippen LogP contribution in [-0.2, 0) is 0 Å². The van der Waals surface area contributed by atoms with Gasteiger partial charge in [0.05, 0.1) is 12.0 Å². The summed E-state index contributed by atoms with van der Waals surface area (Å²) in [7, 11) is 1.67. The summed E-state index contributed by atoms with van der Waals surface area (Å²) in [5.74, 6) is 2.09. The predicted molar refractivity (Wildman–Crippen MR) is 81.6 cm³/mol. The van der Waals surface area contributed by atoms with Crippen molar-refractivity contribution in [1.82, 2.24) is 0 Å². The molecular weight excluding hydrogens is 276 g/mol. The van der Waals surface area contributed by atoms with Gasteiger partial charge in [-0.25, -0.2) is 0 Å². The first kappa shape index (κ1) is 14.2. The molecule has 1 heterocycles. The average Bonchev–Trinajstić information content (AvgIpc) is 2.98. The highest BCUT2D eigenvalue weighted by molar-refractivity contribution is 7.99. The zero-order valence-corrected chi connectivity index (χ0v) is 12.4. The summed E-state index contributed by atoms with van der Waals surface area (Å²) in [5, 5.41) is 1.94. The molecular formula is C15H16O2S2. The van der Waals surface area contributed by atoms with Crippen molar-refractivity contribution in [3.63, 3.8) is 0 Å². The Morgan fingerprint density at radius 1 is 1.26 bits per heavy atom. The van der Waals surface area contributed by atoms with Crippen molar-refractivity contribution < 1.29 is 9.53 Å². The second kappa shape index (κ2) is 7.36. The number of Topliss-reactive ketones (excluding diaryl/α,β-unsaturated/α-hetero) is 1. The number of hydrogen-bond acceptors (Lipinski definition) is 4. The Kier molecular flexibility index (Phi) is 5.48. The van der Waals surface area contributed by atoms with Crippen LogP contribution in [0, 0.1) is 0 Å². The van der Waals surface area contributed by atoms with E-state index >= 15 is 0 Å². The molecule has 0 atom stereocenters. The number of rotatable bonds is 7. The fourth-order valence-electron chi connectivity index (χ4n) is 1.66. The number of benzene rings is 1. The molecule has 0 saturated carbocycles. The standard InChI is InChI=1S/C15H16O2S2/c1-17-12-6-8-13(9-7-12)18-10-2-4-14(16)15-5-3-11-19-15/h3,5-9,11H,2,4,10H2,1H3. The van der Waals surface area contributed by atoms with Crippen LogP contribution < -0.4 is 4.74 Å². The van der Waals surface area contributed by atoms with E-state index in [0.29, 0.717) is 6.42 Å². The second-order valence-corrected chi connectivity index (χ2v) is 6.14. The summed E-state index contributed by atoms with van der Waals surface area (Å²) in [6, 6.07) is 11.8. The first-order valence-electron chi connectivity index (χ1n) is 6.13. The van der Waals surface area contributed by atoms with Crippen LogP contribution >= 0.6 is 23.1 Å². The third kappa shape index (κ3) is 4.40. The molecule has 0 bridgehead atoms. The lowest BCUT2D eigenvalue weighted by Crippen LogP contribution is -1.96. The molecule has 0 aliphatic heterocycles. The van der Waals surface area contributed by atoms with Crippen molar-refractivity contribution in [2.45, 2.75) is 17.7 Å². The molecule has 0 saturated heterocycles. The molecule has 1 aromatic carbocycles. The molecule has 0 amide bonds.